The molecule has 2 aliphatic rings. The van der Waals surface area contributed by atoms with Gasteiger partial charge in [0.1, 0.15) is 36.0 Å². The highest BCUT2D eigenvalue weighted by Gasteiger charge is 2.33. The van der Waals surface area contributed by atoms with Gasteiger partial charge in [0.15, 0.2) is 6.61 Å². The van der Waals surface area contributed by atoms with Gasteiger partial charge in [-0.2, -0.15) is 0 Å². The average molecular weight is 816 g/mol. The molecule has 3 heterocycles. The summed E-state index contributed by atoms with van der Waals surface area (Å²) in [5, 5.41) is 25.0. The second-order valence-electron chi connectivity index (χ2n) is 14.2. The minimum atomic E-state index is -1.26. The fourth-order valence-electron chi connectivity index (χ4n) is 6.55. The third-order valence-corrected chi connectivity index (χ3v) is 10.7. The van der Waals surface area contributed by atoms with Crippen LogP contribution in [0.25, 0.3) is 11.1 Å². The van der Waals surface area contributed by atoms with Crippen LogP contribution in [-0.2, 0) is 54.5 Å². The highest BCUT2D eigenvalue weighted by molar-refractivity contribution is 7.09. The Hall–Kier alpha value is -6.80. The molecule has 5 atom stereocenters. The third-order valence-electron chi connectivity index (χ3n) is 9.78. The number of carboxylic acid groups (broad SMARTS) is 1. The predicted molar refractivity (Wildman–Crippen MR) is 222 cm³/mol. The smallest absolute Gasteiger partial charge is 0.325 e. The fourth-order valence-corrected chi connectivity index (χ4v) is 7.30. The van der Waals surface area contributed by atoms with Gasteiger partial charge in [-0.1, -0.05) is 103 Å². The number of amides is 5. The zero-order valence-corrected chi connectivity index (χ0v) is 33.1. The van der Waals surface area contributed by atoms with Gasteiger partial charge in [0, 0.05) is 30.6 Å². The van der Waals surface area contributed by atoms with Crippen LogP contribution in [0.5, 0.6) is 5.75 Å². The molecule has 2 aliphatic heterocycles. The third kappa shape index (κ3) is 12.1. The highest BCUT2D eigenvalue weighted by atomic mass is 32.1. The number of hydrogen-bond donors (Lipinski definition) is 6. The maximum absolute atomic E-state index is 14.5. The van der Waals surface area contributed by atoms with Gasteiger partial charge >= 0.3 is 5.97 Å². The Morgan fingerprint density at radius 1 is 0.678 bits per heavy atom. The van der Waals surface area contributed by atoms with Gasteiger partial charge in [-0.3, -0.25) is 28.8 Å². The van der Waals surface area contributed by atoms with Gasteiger partial charge in [-0.05, 0) is 58.3 Å². The van der Waals surface area contributed by atoms with Crippen molar-refractivity contribution in [1.29, 1.82) is 0 Å². The second-order valence-corrected chi connectivity index (χ2v) is 15.3. The SMILES string of the molecule is C[C@H](NC(=O)[C@@H]1Cc2ccc(cc2)OCC(=O)N[C@@H](Cc2cccs2)C(=O)N[C@H](Cc2ccc(-c3ccccc3)cc2)C(=O)N[C@@H](Cc2ccccc2)C(=O)N1)C(=O)O. The van der Waals surface area contributed by atoms with Crippen molar-refractivity contribution in [3.05, 3.63) is 148 Å². The van der Waals surface area contributed by atoms with Gasteiger partial charge in [0.25, 0.3) is 5.91 Å². The molecular weight excluding hydrogens is 771 g/mol. The molecular formula is C45H45N5O8S. The summed E-state index contributed by atoms with van der Waals surface area (Å²) in [6.45, 7) is 0.891. The van der Waals surface area contributed by atoms with Crippen molar-refractivity contribution in [3.8, 4) is 16.9 Å². The summed E-state index contributed by atoms with van der Waals surface area (Å²) in [5.74, 6) is -4.25. The first-order chi connectivity index (χ1) is 28.5. The number of rotatable bonds is 10. The van der Waals surface area contributed by atoms with Crippen molar-refractivity contribution < 1.29 is 38.6 Å². The molecule has 13 nitrogen and oxygen atoms in total. The summed E-state index contributed by atoms with van der Waals surface area (Å²) in [7, 11) is 0. The minimum absolute atomic E-state index is 0.0216. The van der Waals surface area contributed by atoms with Gasteiger partial charge in [0.2, 0.25) is 23.6 Å². The summed E-state index contributed by atoms with van der Waals surface area (Å²) in [5.41, 5.74) is 3.97. The normalized spacial score (nSPS) is 19.6. The maximum atomic E-state index is 14.5. The molecule has 2 bridgehead atoms. The van der Waals surface area contributed by atoms with Crippen LogP contribution in [0, 0.1) is 0 Å². The van der Waals surface area contributed by atoms with E-state index in [0.29, 0.717) is 22.4 Å². The van der Waals surface area contributed by atoms with Crippen LogP contribution < -0.4 is 31.3 Å². The van der Waals surface area contributed by atoms with Crippen LogP contribution >= 0.6 is 11.3 Å². The molecule has 0 aliphatic carbocycles. The van der Waals surface area contributed by atoms with Crippen LogP contribution in [-0.4, -0.2) is 77.4 Å². The molecule has 1 aromatic heterocycles. The number of carbonyl (C=O) groups excluding carboxylic acids is 5. The zero-order valence-electron chi connectivity index (χ0n) is 32.3. The first-order valence-corrected chi connectivity index (χ1v) is 20.0. The Morgan fingerprint density at radius 3 is 1.83 bits per heavy atom. The van der Waals surface area contributed by atoms with Crippen molar-refractivity contribution in [1.82, 2.24) is 26.6 Å². The van der Waals surface area contributed by atoms with Crippen molar-refractivity contribution in [3.63, 3.8) is 0 Å². The van der Waals surface area contributed by atoms with Crippen LogP contribution in [0.1, 0.15) is 28.5 Å². The standard InChI is InChI=1S/C45H45N5O8S/c1-28(45(56)57)46-41(52)36-25-31-16-20-34(21-17-31)58-27-40(51)47-39(26-35-13-8-22-59-35)44(55)50-38(24-30-14-18-33(19-15-30)32-11-6-3-7-12-32)43(54)49-37(42(53)48-36)23-29-9-4-2-5-10-29/h2-22,28,36-39H,23-27H2,1H3,(H,46,52)(H,47,51)(H,48,53)(H,49,54)(H,50,55)(H,56,57)/t28-,36-,37-,38+,39-/m0/s1. The molecule has 0 unspecified atom stereocenters. The second kappa shape index (κ2) is 20.1. The van der Waals surface area contributed by atoms with E-state index in [1.54, 1.807) is 48.5 Å². The molecule has 59 heavy (non-hydrogen) atoms. The number of hydrogen-bond acceptors (Lipinski definition) is 8. The van der Waals surface area contributed by atoms with E-state index in [1.165, 1.54) is 18.3 Å². The number of aliphatic carboxylic acids is 1. The number of benzene rings is 4. The van der Waals surface area contributed by atoms with Crippen molar-refractivity contribution in [2.75, 3.05) is 6.61 Å². The van der Waals surface area contributed by atoms with E-state index >= 15 is 0 Å². The topological polar surface area (TPSA) is 192 Å². The highest BCUT2D eigenvalue weighted by Crippen LogP contribution is 2.21. The largest absolute Gasteiger partial charge is 0.484 e. The lowest BCUT2D eigenvalue weighted by Crippen LogP contribution is -2.60. The van der Waals surface area contributed by atoms with Crippen LogP contribution in [0.4, 0.5) is 0 Å². The molecule has 0 saturated carbocycles. The van der Waals surface area contributed by atoms with Crippen molar-refractivity contribution in [2.45, 2.75) is 62.8 Å². The Labute approximate surface area is 345 Å². The molecule has 0 spiro atoms. The Kier molecular flexibility index (Phi) is 14.2. The molecule has 304 valence electrons. The van der Waals surface area contributed by atoms with E-state index in [0.717, 1.165) is 16.0 Å². The summed E-state index contributed by atoms with van der Waals surface area (Å²) < 4.78 is 5.74. The van der Waals surface area contributed by atoms with Crippen molar-refractivity contribution in [2.24, 2.45) is 0 Å². The van der Waals surface area contributed by atoms with E-state index in [2.05, 4.69) is 26.6 Å². The quantitative estimate of drug-likeness (QED) is 0.115. The molecule has 0 saturated heterocycles. The zero-order chi connectivity index (χ0) is 41.7. The Balaban J connectivity index is 1.36. The fraction of sp³-hybridized carbons (Fsp3) is 0.244. The molecule has 6 N–H and O–H groups in total. The van der Waals surface area contributed by atoms with Crippen LogP contribution in [0.3, 0.4) is 0 Å². The molecule has 14 heteroatoms. The molecule has 4 aromatic carbocycles. The monoisotopic (exact) mass is 815 g/mol. The van der Waals surface area contributed by atoms with E-state index in [-0.39, 0.29) is 25.7 Å². The Bertz CT molecular complexity index is 2220. The summed E-state index contributed by atoms with van der Waals surface area (Å²) in [4.78, 5) is 82.3. The number of nitrogens with one attached hydrogen (secondary N) is 5. The molecule has 7 rings (SSSR count). The molecule has 5 amide bonds. The van der Waals surface area contributed by atoms with Gasteiger partial charge in [-0.15, -0.1) is 11.3 Å². The van der Waals surface area contributed by atoms with Crippen LogP contribution in [0.15, 0.2) is 127 Å². The minimum Gasteiger partial charge on any atom is -0.484 e. The number of thiophene rings is 1. The van der Waals surface area contributed by atoms with E-state index < -0.39 is 72.3 Å². The lowest BCUT2D eigenvalue weighted by Gasteiger charge is -2.27. The number of carbonyl (C=O) groups is 6. The van der Waals surface area contributed by atoms with E-state index in [4.69, 9.17) is 4.74 Å². The lowest BCUT2D eigenvalue weighted by molar-refractivity contribution is -0.141. The molecule has 5 aromatic rings. The Morgan fingerprint density at radius 2 is 1.24 bits per heavy atom. The first-order valence-electron chi connectivity index (χ1n) is 19.2. The van der Waals surface area contributed by atoms with Gasteiger partial charge < -0.3 is 36.4 Å². The molecule has 0 radical (unpaired) electrons. The first kappa shape index (κ1) is 41.8. The number of fused-ring (bicyclic) bond motifs is 16. The predicted octanol–water partition coefficient (Wildman–Crippen LogP) is 3.61. The lowest BCUT2D eigenvalue weighted by atomic mass is 9.99. The van der Waals surface area contributed by atoms with Gasteiger partial charge in [0.05, 0.1) is 0 Å². The summed E-state index contributed by atoms with van der Waals surface area (Å²) in [6.07, 6.45) is 0.154. The van der Waals surface area contributed by atoms with E-state index in [1.807, 2.05) is 78.2 Å². The van der Waals surface area contributed by atoms with Gasteiger partial charge in [-0.25, -0.2) is 0 Å². The summed E-state index contributed by atoms with van der Waals surface area (Å²) in [6, 6.07) is 30.4. The van der Waals surface area contributed by atoms with Crippen molar-refractivity contribution >= 4 is 46.8 Å². The maximum Gasteiger partial charge on any atom is 0.325 e. The average Bonchev–Trinajstić information content (AvgIpc) is 3.76. The number of carboxylic acids is 1. The summed E-state index contributed by atoms with van der Waals surface area (Å²) >= 11 is 1.42. The van der Waals surface area contributed by atoms with Crippen LogP contribution in [0.2, 0.25) is 0 Å². The molecule has 0 fully saturated rings. The van der Waals surface area contributed by atoms with E-state index in [9.17, 15) is 33.9 Å². The number of ether oxygens (including phenoxy) is 1.